The van der Waals surface area contributed by atoms with E-state index in [1.54, 1.807) is 13.4 Å². The highest BCUT2D eigenvalue weighted by molar-refractivity contribution is 6.04. The summed E-state index contributed by atoms with van der Waals surface area (Å²) in [4.78, 5) is 11.5. The van der Waals surface area contributed by atoms with Crippen molar-refractivity contribution in [3.63, 3.8) is 0 Å². The van der Waals surface area contributed by atoms with Crippen LogP contribution in [0.15, 0.2) is 65.6 Å². The highest BCUT2D eigenvalue weighted by atomic mass is 19.1. The molecule has 31 heavy (non-hydrogen) atoms. The van der Waals surface area contributed by atoms with Crippen molar-refractivity contribution in [1.82, 2.24) is 14.5 Å². The number of ether oxygens (including phenoxy) is 1. The SMILES string of the molecule is COc1cc(/C=C2\CCCN3C2=NCC3c2ccc(F)cc2)ccc1-n1cnc(C)c1. The Bertz CT molecular complexity index is 1160. The minimum absolute atomic E-state index is 0.181. The number of aromatic nitrogens is 2. The third-order valence-electron chi connectivity index (χ3n) is 5.98. The molecular formula is C25H25FN4O. The van der Waals surface area contributed by atoms with Gasteiger partial charge in [0.25, 0.3) is 0 Å². The van der Waals surface area contributed by atoms with Crippen molar-refractivity contribution < 1.29 is 9.13 Å². The Balaban J connectivity index is 1.42. The molecule has 6 heteroatoms. The van der Waals surface area contributed by atoms with Crippen LogP contribution in [0.2, 0.25) is 0 Å². The van der Waals surface area contributed by atoms with Gasteiger partial charge in [-0.3, -0.25) is 4.99 Å². The maximum absolute atomic E-state index is 13.3. The molecule has 3 aromatic rings. The van der Waals surface area contributed by atoms with E-state index < -0.39 is 0 Å². The third-order valence-corrected chi connectivity index (χ3v) is 5.98. The quantitative estimate of drug-likeness (QED) is 0.604. The molecule has 0 aliphatic carbocycles. The second-order valence-electron chi connectivity index (χ2n) is 8.05. The van der Waals surface area contributed by atoms with Crippen molar-refractivity contribution in [2.45, 2.75) is 25.8 Å². The zero-order valence-corrected chi connectivity index (χ0v) is 17.8. The van der Waals surface area contributed by atoms with E-state index in [0.29, 0.717) is 6.54 Å². The molecule has 1 unspecified atom stereocenters. The molecule has 2 aliphatic heterocycles. The van der Waals surface area contributed by atoms with E-state index >= 15 is 0 Å². The van der Waals surface area contributed by atoms with E-state index in [1.165, 1.54) is 17.7 Å². The first kappa shape index (κ1) is 19.5. The third kappa shape index (κ3) is 3.74. The predicted octanol–water partition coefficient (Wildman–Crippen LogP) is 4.96. The molecule has 0 saturated carbocycles. The molecule has 5 nitrogen and oxygen atoms in total. The molecule has 1 saturated heterocycles. The lowest BCUT2D eigenvalue weighted by Crippen LogP contribution is -2.36. The fraction of sp³-hybridized carbons (Fsp3) is 0.280. The van der Waals surface area contributed by atoms with Gasteiger partial charge in [-0.15, -0.1) is 0 Å². The molecule has 0 bridgehead atoms. The number of piperidine rings is 1. The van der Waals surface area contributed by atoms with Crippen LogP contribution in [0.5, 0.6) is 5.75 Å². The lowest BCUT2D eigenvalue weighted by molar-refractivity contribution is 0.333. The maximum atomic E-state index is 13.3. The number of imidazole rings is 1. The summed E-state index contributed by atoms with van der Waals surface area (Å²) in [7, 11) is 1.69. The van der Waals surface area contributed by atoms with Gasteiger partial charge in [0.1, 0.15) is 17.4 Å². The topological polar surface area (TPSA) is 42.6 Å². The highest BCUT2D eigenvalue weighted by Crippen LogP contribution is 2.35. The fourth-order valence-electron chi connectivity index (χ4n) is 4.47. The van der Waals surface area contributed by atoms with Gasteiger partial charge in [0.15, 0.2) is 0 Å². The van der Waals surface area contributed by atoms with E-state index in [9.17, 15) is 4.39 Å². The van der Waals surface area contributed by atoms with Crippen LogP contribution in [0.4, 0.5) is 4.39 Å². The summed E-state index contributed by atoms with van der Waals surface area (Å²) in [6.07, 6.45) is 8.07. The first-order chi connectivity index (χ1) is 15.1. The number of nitrogens with zero attached hydrogens (tertiary/aromatic N) is 4. The molecular weight excluding hydrogens is 391 g/mol. The average Bonchev–Trinajstić information content (AvgIpc) is 3.41. The molecule has 5 rings (SSSR count). The Morgan fingerprint density at radius 3 is 2.74 bits per heavy atom. The van der Waals surface area contributed by atoms with Gasteiger partial charge in [-0.2, -0.15) is 0 Å². The number of hydrogen-bond donors (Lipinski definition) is 0. The first-order valence-corrected chi connectivity index (χ1v) is 10.6. The Labute approximate surface area is 181 Å². The molecule has 158 valence electrons. The van der Waals surface area contributed by atoms with Crippen molar-refractivity contribution in [2.24, 2.45) is 4.99 Å². The lowest BCUT2D eigenvalue weighted by atomic mass is 9.98. The highest BCUT2D eigenvalue weighted by Gasteiger charge is 2.33. The molecule has 3 heterocycles. The van der Waals surface area contributed by atoms with Crippen LogP contribution in [0.3, 0.4) is 0 Å². The molecule has 2 aliphatic rings. The number of aliphatic imine (C=N–C) groups is 1. The van der Waals surface area contributed by atoms with E-state index in [2.05, 4.69) is 34.2 Å². The summed E-state index contributed by atoms with van der Waals surface area (Å²) >= 11 is 0. The Morgan fingerprint density at radius 2 is 2.00 bits per heavy atom. The molecule has 1 fully saturated rings. The van der Waals surface area contributed by atoms with Crippen LogP contribution in [-0.2, 0) is 0 Å². The number of benzene rings is 2. The van der Waals surface area contributed by atoms with Crippen molar-refractivity contribution in [3.8, 4) is 11.4 Å². The number of hydrogen-bond acceptors (Lipinski definition) is 4. The summed E-state index contributed by atoms with van der Waals surface area (Å²) in [5.41, 5.74) is 5.37. The van der Waals surface area contributed by atoms with E-state index in [0.717, 1.165) is 53.5 Å². The minimum Gasteiger partial charge on any atom is -0.495 e. The van der Waals surface area contributed by atoms with Gasteiger partial charge in [-0.1, -0.05) is 18.2 Å². The van der Waals surface area contributed by atoms with Crippen molar-refractivity contribution in [3.05, 3.63) is 83.2 Å². The second kappa shape index (κ2) is 8.02. The Morgan fingerprint density at radius 1 is 1.16 bits per heavy atom. The number of fused-ring (bicyclic) bond motifs is 1. The average molecular weight is 417 g/mol. The molecule has 1 aromatic heterocycles. The van der Waals surface area contributed by atoms with Gasteiger partial charge in [-0.25, -0.2) is 9.37 Å². The lowest BCUT2D eigenvalue weighted by Gasteiger charge is -2.33. The van der Waals surface area contributed by atoms with Crippen molar-refractivity contribution in [1.29, 1.82) is 0 Å². The molecule has 0 radical (unpaired) electrons. The molecule has 0 N–H and O–H groups in total. The van der Waals surface area contributed by atoms with Crippen LogP contribution in [-0.4, -0.2) is 40.5 Å². The van der Waals surface area contributed by atoms with Gasteiger partial charge >= 0.3 is 0 Å². The van der Waals surface area contributed by atoms with Gasteiger partial charge in [0.05, 0.1) is 37.4 Å². The normalized spacial score (nSPS) is 19.5. The van der Waals surface area contributed by atoms with Crippen molar-refractivity contribution >= 4 is 11.9 Å². The van der Waals surface area contributed by atoms with Crippen LogP contribution >= 0.6 is 0 Å². The Kier molecular flexibility index (Phi) is 5.06. The van der Waals surface area contributed by atoms with Gasteiger partial charge in [-0.05, 0) is 66.8 Å². The summed E-state index contributed by atoms with van der Waals surface area (Å²) in [5.74, 6) is 1.66. The van der Waals surface area contributed by atoms with E-state index in [4.69, 9.17) is 9.73 Å². The molecule has 1 atom stereocenters. The van der Waals surface area contributed by atoms with Crippen LogP contribution in [0.25, 0.3) is 11.8 Å². The first-order valence-electron chi connectivity index (χ1n) is 10.6. The summed E-state index contributed by atoms with van der Waals surface area (Å²) < 4.78 is 21.0. The zero-order chi connectivity index (χ0) is 21.4. The van der Waals surface area contributed by atoms with Crippen LogP contribution in [0.1, 0.15) is 35.7 Å². The molecule has 2 aromatic carbocycles. The Hall–Kier alpha value is -3.41. The molecule has 0 spiro atoms. The largest absolute Gasteiger partial charge is 0.495 e. The monoisotopic (exact) mass is 416 g/mol. The maximum Gasteiger partial charge on any atom is 0.143 e. The predicted molar refractivity (Wildman–Crippen MR) is 120 cm³/mol. The number of methoxy groups -OCH3 is 1. The summed E-state index contributed by atoms with van der Waals surface area (Å²) in [5, 5.41) is 0. The van der Waals surface area contributed by atoms with Gasteiger partial charge in [0, 0.05) is 12.7 Å². The molecule has 0 amide bonds. The van der Waals surface area contributed by atoms with Gasteiger partial charge in [0.2, 0.25) is 0 Å². The van der Waals surface area contributed by atoms with E-state index in [1.807, 2.05) is 29.8 Å². The fourth-order valence-corrected chi connectivity index (χ4v) is 4.47. The van der Waals surface area contributed by atoms with Crippen LogP contribution < -0.4 is 4.74 Å². The van der Waals surface area contributed by atoms with Crippen LogP contribution in [0, 0.1) is 12.7 Å². The summed E-state index contributed by atoms with van der Waals surface area (Å²) in [6, 6.07) is 13.2. The number of aryl methyl sites for hydroxylation is 1. The summed E-state index contributed by atoms with van der Waals surface area (Å²) in [6.45, 7) is 3.65. The van der Waals surface area contributed by atoms with E-state index in [-0.39, 0.29) is 11.9 Å². The second-order valence-corrected chi connectivity index (χ2v) is 8.05. The van der Waals surface area contributed by atoms with Crippen molar-refractivity contribution in [2.75, 3.05) is 20.2 Å². The number of rotatable bonds is 4. The van der Waals surface area contributed by atoms with Gasteiger partial charge < -0.3 is 14.2 Å². The number of halogens is 1. The smallest absolute Gasteiger partial charge is 0.143 e. The number of amidine groups is 1. The standard InChI is InChI=1S/C25H25FN4O/c1-17-15-29(16-28-17)22-10-5-18(13-24(22)31-2)12-20-4-3-11-30-23(14-27-25(20)30)19-6-8-21(26)9-7-19/h5-10,12-13,15-16,23H,3-4,11,14H2,1-2H3/b20-12+. The zero-order valence-electron chi connectivity index (χ0n) is 17.8. The minimum atomic E-state index is -0.203.